The fraction of sp³-hybridized carbons (Fsp3) is 0. The van der Waals surface area contributed by atoms with Gasteiger partial charge in [-0.15, -0.1) is 0 Å². The molecule has 0 spiro atoms. The number of hydrogen-bond donors (Lipinski definition) is 0. The van der Waals surface area contributed by atoms with E-state index in [1.54, 1.807) is 0 Å². The van der Waals surface area contributed by atoms with Crippen molar-refractivity contribution in [3.8, 4) is 73.5 Å². The average Bonchev–Trinajstić information content (AvgIpc) is 1.53. The minimum atomic E-state index is 0.780. The van der Waals surface area contributed by atoms with Gasteiger partial charge >= 0.3 is 0 Å². The van der Waals surface area contributed by atoms with Crippen LogP contribution in [0, 0.1) is 0 Å². The van der Waals surface area contributed by atoms with E-state index in [4.69, 9.17) is 34.3 Å². The Morgan fingerprint density at radius 3 is 0.957 bits per heavy atom. The molecule has 0 fully saturated rings. The molecule has 23 aromatic carbocycles. The first-order chi connectivity index (χ1) is 68.5. The Morgan fingerprint density at radius 1 is 0.174 bits per heavy atom. The number of benzene rings is 23. The first-order valence-corrected chi connectivity index (χ1v) is 46.9. The van der Waals surface area contributed by atoms with Gasteiger partial charge < -0.3 is 13.6 Å². The molecule has 30 rings (SSSR count). The third kappa shape index (κ3) is 12.4. The summed E-state index contributed by atoms with van der Waals surface area (Å²) in [4.78, 5) is 31.7. The van der Waals surface area contributed by atoms with Gasteiger partial charge in [-0.05, 0) is 189 Å². The largest absolute Gasteiger partial charge is 0.454 e. The van der Waals surface area contributed by atoms with Crippen molar-refractivity contribution in [3.05, 3.63) is 467 Å². The third-order valence-corrected chi connectivity index (χ3v) is 28.0. The molecule has 0 atom stereocenters. The summed E-state index contributed by atoms with van der Waals surface area (Å²) in [6.07, 6.45) is 0. The molecule has 10 nitrogen and oxygen atoms in total. The predicted octanol–water partition coefficient (Wildman–Crippen LogP) is 33.6. The lowest BCUT2D eigenvalue weighted by Gasteiger charge is -2.14. The van der Waals surface area contributed by atoms with E-state index in [1.165, 1.54) is 130 Å². The molecule has 10 heteroatoms. The molecule has 0 N–H and O–H groups in total. The predicted molar refractivity (Wildman–Crippen MR) is 576 cm³/mol. The summed E-state index contributed by atoms with van der Waals surface area (Å²) in [5.74, 6) is 0.780. The first kappa shape index (κ1) is 78.1. The summed E-state index contributed by atoms with van der Waals surface area (Å²) < 4.78 is 14.0. The topological polar surface area (TPSA) is 105 Å². The zero-order valence-electron chi connectivity index (χ0n) is 74.4. The van der Waals surface area contributed by atoms with Crippen LogP contribution in [-0.4, -0.2) is 43.6 Å². The van der Waals surface area contributed by atoms with Gasteiger partial charge in [0.1, 0.15) is 11.3 Å². The molecule has 0 amide bonds. The van der Waals surface area contributed by atoms with Crippen molar-refractivity contribution in [2.24, 2.45) is 0 Å². The fourth-order valence-corrected chi connectivity index (χ4v) is 21.9. The maximum atomic E-state index is 6.84. The Bertz CT molecular complexity index is 10200. The van der Waals surface area contributed by atoms with E-state index < -0.39 is 0 Å². The van der Waals surface area contributed by atoms with Crippen LogP contribution in [0.25, 0.3) is 280 Å². The van der Waals surface area contributed by atoms with Crippen LogP contribution in [0.15, 0.2) is 472 Å². The Labute approximate surface area is 789 Å². The highest BCUT2D eigenvalue weighted by atomic mass is 16.3. The smallest absolute Gasteiger partial charge is 0.165 e. The lowest BCUT2D eigenvalue weighted by atomic mass is 9.97. The molecule has 0 bridgehead atoms. The minimum absolute atomic E-state index is 0.780. The highest BCUT2D eigenvalue weighted by Gasteiger charge is 2.29. The average molecular weight is 1760 g/mol. The zero-order valence-corrected chi connectivity index (χ0v) is 74.4. The number of para-hydroxylation sites is 7. The number of nitrogens with zero attached hydrogens (tertiary/aromatic N) is 9. The van der Waals surface area contributed by atoms with Crippen LogP contribution in [0.3, 0.4) is 0 Å². The molecule has 0 aliphatic rings. The molecule has 7 heterocycles. The molecule has 138 heavy (non-hydrogen) atoms. The van der Waals surface area contributed by atoms with Crippen molar-refractivity contribution in [2.75, 3.05) is 0 Å². The van der Waals surface area contributed by atoms with E-state index in [9.17, 15) is 0 Å². The maximum absolute atomic E-state index is 6.84. The number of hydrogen-bond acceptors (Lipinski definition) is 7. The number of rotatable bonds is 8. The fourth-order valence-electron chi connectivity index (χ4n) is 21.9. The molecule has 0 unspecified atom stereocenters. The number of furan rings is 1. The molecule has 0 radical (unpaired) electrons. The second-order valence-electron chi connectivity index (χ2n) is 35.7. The SMILES string of the molecule is c1cc(-c2nc3ccccc3nc2-c2ccc3ccccc3c2)cc(-n2c3ccc4ccccc4c3c3c4ccccc4ccc32)c1.c1cc(-c2nc3ccccc3nc2-c2cccc3ccccc23)cc(-n2c3ccc4ccccc4c3c3c4ccccc4ccc32)c1.c1ccc(-c2nc3ccccc3nc2-n2c3ccc4ccccc4c3c3c4ccccc4c4c5ccccc5oc4c32)cc1. The van der Waals surface area contributed by atoms with E-state index in [2.05, 4.69) is 396 Å². The molecule has 0 saturated carbocycles. The number of aromatic nitrogens is 9. The van der Waals surface area contributed by atoms with Gasteiger partial charge in [0.05, 0.1) is 89.0 Å². The van der Waals surface area contributed by atoms with Crippen LogP contribution in [-0.2, 0) is 0 Å². The van der Waals surface area contributed by atoms with Crippen molar-refractivity contribution < 1.29 is 4.42 Å². The zero-order chi connectivity index (χ0) is 90.6. The molecular formula is C128H77N9O. The second kappa shape index (κ2) is 31.5. The van der Waals surface area contributed by atoms with Gasteiger partial charge in [0.25, 0.3) is 0 Å². The Balaban J connectivity index is 0.000000102. The van der Waals surface area contributed by atoms with Crippen LogP contribution in [0.2, 0.25) is 0 Å². The van der Waals surface area contributed by atoms with Crippen molar-refractivity contribution in [2.45, 2.75) is 0 Å². The molecule has 0 aliphatic heterocycles. The van der Waals surface area contributed by atoms with Crippen LogP contribution in [0.4, 0.5) is 0 Å². The van der Waals surface area contributed by atoms with E-state index in [-0.39, 0.29) is 0 Å². The summed E-state index contributed by atoms with van der Waals surface area (Å²) in [6.45, 7) is 0. The summed E-state index contributed by atoms with van der Waals surface area (Å²) in [5.41, 5.74) is 25.5. The van der Waals surface area contributed by atoms with Crippen LogP contribution < -0.4 is 0 Å². The van der Waals surface area contributed by atoms with E-state index in [0.717, 1.165) is 150 Å². The molecule has 7 aromatic heterocycles. The quantitative estimate of drug-likeness (QED) is 0.149. The Hall–Kier alpha value is -18.6. The van der Waals surface area contributed by atoms with Crippen molar-refractivity contribution in [1.29, 1.82) is 0 Å². The summed E-state index contributed by atoms with van der Waals surface area (Å²) in [7, 11) is 0. The monoisotopic (exact) mass is 1760 g/mol. The molecule has 30 aromatic rings. The van der Waals surface area contributed by atoms with Gasteiger partial charge in [-0.1, -0.05) is 364 Å². The molecule has 0 aliphatic carbocycles. The van der Waals surface area contributed by atoms with Gasteiger partial charge in [-0.3, -0.25) is 4.57 Å². The van der Waals surface area contributed by atoms with Gasteiger partial charge in [-0.2, -0.15) is 0 Å². The summed E-state index contributed by atoms with van der Waals surface area (Å²) in [6, 6.07) is 165. The number of fused-ring (bicyclic) bond motifs is 31. The lowest BCUT2D eigenvalue weighted by molar-refractivity contribution is 0.671. The van der Waals surface area contributed by atoms with E-state index in [0.29, 0.717) is 0 Å². The van der Waals surface area contributed by atoms with Crippen molar-refractivity contribution in [3.63, 3.8) is 0 Å². The highest BCUT2D eigenvalue weighted by Crippen LogP contribution is 2.51. The minimum Gasteiger partial charge on any atom is -0.454 e. The van der Waals surface area contributed by atoms with Gasteiger partial charge in [0.15, 0.2) is 11.4 Å². The normalized spacial score (nSPS) is 11.9. The Kier molecular flexibility index (Phi) is 17.8. The van der Waals surface area contributed by atoms with E-state index in [1.807, 2.05) is 84.9 Å². The van der Waals surface area contributed by atoms with Crippen LogP contribution in [0.5, 0.6) is 0 Å². The van der Waals surface area contributed by atoms with Gasteiger partial charge in [0.2, 0.25) is 0 Å². The lowest BCUT2D eigenvalue weighted by Crippen LogP contribution is -2.04. The summed E-state index contributed by atoms with van der Waals surface area (Å²) in [5, 5.41) is 29.2. The standard InChI is InChI=1S/2C44H27N3.C40H23N3O/c1-4-17-33-28(11-1)14-10-20-36(33)44-43(45-37-21-7-8-22-38(37)46-44)31-15-9-16-32(27-31)47-39-25-23-29-12-2-5-18-34(29)41(39)42-35-19-6-3-13-30(35)24-26-40(42)47;1-2-13-31-26-33(21-20-28(31)10-1)44-43(45-37-18-7-8-19-38(37)46-44)32-14-9-15-34(27-32)47-39-24-22-29-11-3-5-16-35(29)41(39)42-36-17-6-4-12-30(36)23-25-40(42)47;1-2-13-25(14-3-1)37-40(42-31-20-10-9-19-30(31)41-37)43-32-23-22-24-12-4-5-15-26(24)35(32)36-28-17-7-6-16-27(28)34-29-18-8-11-21-33(29)44-39(34)38(36)43/h2*1-27H;1-23H. The van der Waals surface area contributed by atoms with Crippen LogP contribution in [0.1, 0.15) is 0 Å². The Morgan fingerprint density at radius 2 is 0.486 bits per heavy atom. The van der Waals surface area contributed by atoms with Crippen LogP contribution >= 0.6 is 0 Å². The second-order valence-corrected chi connectivity index (χ2v) is 35.7. The molecular weight excluding hydrogens is 1680 g/mol. The van der Waals surface area contributed by atoms with Crippen molar-refractivity contribution >= 4 is 207 Å². The summed E-state index contributed by atoms with van der Waals surface area (Å²) >= 11 is 0. The maximum Gasteiger partial charge on any atom is 0.165 e. The third-order valence-electron chi connectivity index (χ3n) is 28.0. The molecule has 0 saturated heterocycles. The van der Waals surface area contributed by atoms with Crippen molar-refractivity contribution in [1.82, 2.24) is 43.6 Å². The first-order valence-electron chi connectivity index (χ1n) is 46.9. The van der Waals surface area contributed by atoms with Gasteiger partial charge in [-0.25, -0.2) is 29.9 Å². The van der Waals surface area contributed by atoms with E-state index >= 15 is 0 Å². The van der Waals surface area contributed by atoms with Gasteiger partial charge in [0, 0.05) is 82.3 Å². The molecule has 640 valence electrons. The highest BCUT2D eigenvalue weighted by molar-refractivity contribution is 6.38.